The van der Waals surface area contributed by atoms with Crippen molar-refractivity contribution in [3.05, 3.63) is 65.5 Å². The van der Waals surface area contributed by atoms with Gasteiger partial charge >= 0.3 is 0 Å². The maximum Gasteiger partial charge on any atom is 0.254 e. The fourth-order valence-corrected chi connectivity index (χ4v) is 3.01. The van der Waals surface area contributed by atoms with Crippen LogP contribution in [-0.2, 0) is 16.1 Å². The molecule has 3 rings (SSSR count). The molecule has 144 valence electrons. The first-order valence-corrected chi connectivity index (χ1v) is 9.04. The van der Waals surface area contributed by atoms with Crippen LogP contribution in [0.25, 0.3) is 0 Å². The average molecular weight is 372 g/mol. The molecule has 5 nitrogen and oxygen atoms in total. The van der Waals surface area contributed by atoms with E-state index in [1.165, 1.54) is 6.07 Å². The van der Waals surface area contributed by atoms with E-state index in [0.717, 1.165) is 5.69 Å². The molecule has 1 atom stereocenters. The van der Waals surface area contributed by atoms with Gasteiger partial charge in [-0.1, -0.05) is 18.2 Å². The first kappa shape index (κ1) is 19.3. The second kappa shape index (κ2) is 8.97. The number of morpholine rings is 1. The van der Waals surface area contributed by atoms with Gasteiger partial charge in [0.05, 0.1) is 25.9 Å². The monoisotopic (exact) mass is 372 g/mol. The van der Waals surface area contributed by atoms with E-state index in [0.29, 0.717) is 37.4 Å². The quantitative estimate of drug-likeness (QED) is 0.782. The molecule has 27 heavy (non-hydrogen) atoms. The van der Waals surface area contributed by atoms with Crippen LogP contribution in [0, 0.1) is 5.82 Å². The lowest BCUT2D eigenvalue weighted by molar-refractivity contribution is -0.0649. The fraction of sp³-hybridized carbons (Fsp3) is 0.381. The van der Waals surface area contributed by atoms with Gasteiger partial charge in [-0.05, 0) is 30.3 Å². The Kier molecular flexibility index (Phi) is 6.42. The van der Waals surface area contributed by atoms with Crippen molar-refractivity contribution in [1.29, 1.82) is 0 Å². The zero-order chi connectivity index (χ0) is 19.2. The van der Waals surface area contributed by atoms with E-state index in [2.05, 4.69) is 0 Å². The predicted molar refractivity (Wildman–Crippen MR) is 102 cm³/mol. The lowest BCUT2D eigenvalue weighted by Gasteiger charge is -2.33. The highest BCUT2D eigenvalue weighted by atomic mass is 19.1. The Morgan fingerprint density at radius 2 is 1.96 bits per heavy atom. The first-order valence-electron chi connectivity index (χ1n) is 9.04. The Hall–Kier alpha value is -2.44. The van der Waals surface area contributed by atoms with Gasteiger partial charge in [0, 0.05) is 44.0 Å². The number of nitrogens with zero attached hydrogens (tertiary/aromatic N) is 2. The molecule has 2 aromatic carbocycles. The summed E-state index contributed by atoms with van der Waals surface area (Å²) in [4.78, 5) is 16.5. The van der Waals surface area contributed by atoms with Crippen LogP contribution in [0.2, 0.25) is 0 Å². The SMILES string of the molecule is CN(C)c1ccc(C(=O)N2CCOC(COCc3ccccc3F)C2)cc1. The Morgan fingerprint density at radius 1 is 1.22 bits per heavy atom. The first-order chi connectivity index (χ1) is 13.0. The van der Waals surface area contributed by atoms with Crippen molar-refractivity contribution >= 4 is 11.6 Å². The highest BCUT2D eigenvalue weighted by Gasteiger charge is 2.25. The normalized spacial score (nSPS) is 17.0. The highest BCUT2D eigenvalue weighted by Crippen LogP contribution is 2.16. The van der Waals surface area contributed by atoms with Crippen LogP contribution in [0.4, 0.5) is 10.1 Å². The zero-order valence-electron chi connectivity index (χ0n) is 15.7. The minimum absolute atomic E-state index is 0.0114. The molecule has 6 heteroatoms. The molecule has 1 aliphatic rings. The summed E-state index contributed by atoms with van der Waals surface area (Å²) in [7, 11) is 3.93. The molecule has 1 amide bonds. The molecular weight excluding hydrogens is 347 g/mol. The minimum Gasteiger partial charge on any atom is -0.378 e. The number of hydrogen-bond acceptors (Lipinski definition) is 4. The summed E-state index contributed by atoms with van der Waals surface area (Å²) < 4.78 is 24.9. The number of rotatable bonds is 6. The maximum absolute atomic E-state index is 13.6. The second-order valence-electron chi connectivity index (χ2n) is 6.79. The lowest BCUT2D eigenvalue weighted by Crippen LogP contribution is -2.47. The molecule has 1 aliphatic heterocycles. The standard InChI is InChI=1S/C21H25FN2O3/c1-23(2)18-9-7-16(8-10-18)21(25)24-11-12-27-19(13-24)15-26-14-17-5-3-4-6-20(17)22/h3-10,19H,11-15H2,1-2H3. The number of amides is 1. The molecule has 1 heterocycles. The third-order valence-corrected chi connectivity index (χ3v) is 4.58. The van der Waals surface area contributed by atoms with Gasteiger partial charge in [0.15, 0.2) is 0 Å². The number of benzene rings is 2. The van der Waals surface area contributed by atoms with Crippen LogP contribution in [-0.4, -0.2) is 57.3 Å². The van der Waals surface area contributed by atoms with E-state index < -0.39 is 0 Å². The Balaban J connectivity index is 1.52. The van der Waals surface area contributed by atoms with Crippen LogP contribution in [0.5, 0.6) is 0 Å². The van der Waals surface area contributed by atoms with Crippen LogP contribution >= 0.6 is 0 Å². The van der Waals surface area contributed by atoms with Crippen molar-refractivity contribution in [1.82, 2.24) is 4.90 Å². The molecule has 0 aromatic heterocycles. The molecule has 0 spiro atoms. The number of ether oxygens (including phenoxy) is 2. The summed E-state index contributed by atoms with van der Waals surface area (Å²) in [6.45, 7) is 1.99. The van der Waals surface area contributed by atoms with E-state index in [-0.39, 0.29) is 24.4 Å². The number of hydrogen-bond donors (Lipinski definition) is 0. The number of carbonyl (C=O) groups is 1. The van der Waals surface area contributed by atoms with Crippen LogP contribution in [0.15, 0.2) is 48.5 Å². The third kappa shape index (κ3) is 5.05. The summed E-state index contributed by atoms with van der Waals surface area (Å²) in [6.07, 6.45) is -0.212. The fourth-order valence-electron chi connectivity index (χ4n) is 3.01. The van der Waals surface area contributed by atoms with Gasteiger partial charge in [0.1, 0.15) is 5.82 Å². The maximum atomic E-state index is 13.6. The van der Waals surface area contributed by atoms with Gasteiger partial charge in [0.25, 0.3) is 5.91 Å². The van der Waals surface area contributed by atoms with Gasteiger partial charge in [-0.15, -0.1) is 0 Å². The Bertz CT molecular complexity index is 764. The molecule has 0 bridgehead atoms. The van der Waals surface area contributed by atoms with E-state index in [9.17, 15) is 9.18 Å². The van der Waals surface area contributed by atoms with Crippen LogP contribution in [0.1, 0.15) is 15.9 Å². The average Bonchev–Trinajstić information content (AvgIpc) is 2.69. The zero-order valence-corrected chi connectivity index (χ0v) is 15.7. The minimum atomic E-state index is -0.278. The molecular formula is C21H25FN2O3. The van der Waals surface area contributed by atoms with Gasteiger partial charge in [-0.2, -0.15) is 0 Å². The van der Waals surface area contributed by atoms with Crippen LogP contribution < -0.4 is 4.90 Å². The Labute approximate surface area is 159 Å². The molecule has 1 unspecified atom stereocenters. The van der Waals surface area contributed by atoms with Crippen LogP contribution in [0.3, 0.4) is 0 Å². The molecule has 1 fully saturated rings. The summed E-state index contributed by atoms with van der Waals surface area (Å²) >= 11 is 0. The largest absolute Gasteiger partial charge is 0.378 e. The number of halogens is 1. The smallest absolute Gasteiger partial charge is 0.254 e. The molecule has 2 aromatic rings. The van der Waals surface area contributed by atoms with Crippen molar-refractivity contribution in [3.8, 4) is 0 Å². The van der Waals surface area contributed by atoms with E-state index in [1.54, 1.807) is 23.1 Å². The molecule has 0 saturated carbocycles. The Morgan fingerprint density at radius 3 is 2.67 bits per heavy atom. The van der Waals surface area contributed by atoms with Crippen molar-refractivity contribution in [2.24, 2.45) is 0 Å². The number of carbonyl (C=O) groups excluding carboxylic acids is 1. The molecule has 0 aliphatic carbocycles. The van der Waals surface area contributed by atoms with Crippen molar-refractivity contribution in [2.75, 3.05) is 45.3 Å². The van der Waals surface area contributed by atoms with E-state index in [1.807, 2.05) is 43.3 Å². The van der Waals surface area contributed by atoms with Gasteiger partial charge < -0.3 is 19.3 Å². The van der Waals surface area contributed by atoms with Gasteiger partial charge in [-0.25, -0.2) is 4.39 Å². The second-order valence-corrected chi connectivity index (χ2v) is 6.79. The topological polar surface area (TPSA) is 42.0 Å². The molecule has 1 saturated heterocycles. The highest BCUT2D eigenvalue weighted by molar-refractivity contribution is 5.94. The predicted octanol–water partition coefficient (Wildman–Crippen LogP) is 2.95. The molecule has 0 radical (unpaired) electrons. The summed E-state index contributed by atoms with van der Waals surface area (Å²) in [6, 6.07) is 14.1. The van der Waals surface area contributed by atoms with Crippen molar-refractivity contribution in [2.45, 2.75) is 12.7 Å². The lowest BCUT2D eigenvalue weighted by atomic mass is 10.1. The summed E-state index contributed by atoms with van der Waals surface area (Å²) in [5, 5.41) is 0. The number of anilines is 1. The van der Waals surface area contributed by atoms with E-state index in [4.69, 9.17) is 9.47 Å². The van der Waals surface area contributed by atoms with Crippen molar-refractivity contribution < 1.29 is 18.7 Å². The van der Waals surface area contributed by atoms with E-state index >= 15 is 0 Å². The summed E-state index contributed by atoms with van der Waals surface area (Å²) in [5.41, 5.74) is 2.23. The van der Waals surface area contributed by atoms with Gasteiger partial charge in [0.2, 0.25) is 0 Å². The third-order valence-electron chi connectivity index (χ3n) is 4.58. The van der Waals surface area contributed by atoms with Crippen molar-refractivity contribution in [3.63, 3.8) is 0 Å². The molecule has 0 N–H and O–H groups in total. The summed E-state index contributed by atoms with van der Waals surface area (Å²) in [5.74, 6) is -0.289. The van der Waals surface area contributed by atoms with Gasteiger partial charge in [-0.3, -0.25) is 4.79 Å².